The van der Waals surface area contributed by atoms with Crippen molar-refractivity contribution in [3.05, 3.63) is 54.7 Å². The molecule has 4 aromatic rings. The third kappa shape index (κ3) is 4.35. The first-order chi connectivity index (χ1) is 14.1. The number of aromatic nitrogens is 5. The second-order valence-corrected chi connectivity index (χ2v) is 7.11. The molecule has 0 spiro atoms. The van der Waals surface area contributed by atoms with Crippen LogP contribution in [0.3, 0.4) is 0 Å². The topological polar surface area (TPSA) is 144 Å². The number of nitrogens with zero attached hydrogens (tertiary/aromatic N) is 3. The summed E-state index contributed by atoms with van der Waals surface area (Å²) >= 11 is 1.04. The number of nitrogens with one attached hydrogen (secondary N) is 2. The summed E-state index contributed by atoms with van der Waals surface area (Å²) in [5.74, 6) is -0.550. The Labute approximate surface area is 169 Å². The van der Waals surface area contributed by atoms with E-state index in [1.165, 1.54) is 0 Å². The van der Waals surface area contributed by atoms with Crippen molar-refractivity contribution < 1.29 is 20.6 Å². The first-order valence-electron chi connectivity index (χ1n) is 8.62. The maximum atomic E-state index is 10.7. The van der Waals surface area contributed by atoms with Gasteiger partial charge in [-0.05, 0) is 28.8 Å². The van der Waals surface area contributed by atoms with Gasteiger partial charge >= 0.3 is 5.97 Å². The second kappa shape index (κ2) is 8.27. The van der Waals surface area contributed by atoms with Crippen LogP contribution in [0.2, 0.25) is 0 Å². The van der Waals surface area contributed by atoms with Gasteiger partial charge in [0.05, 0.1) is 11.4 Å². The lowest BCUT2D eigenvalue weighted by atomic mass is 10.00. The molecule has 0 saturated heterocycles. The Hall–Kier alpha value is -3.47. The van der Waals surface area contributed by atoms with Crippen molar-refractivity contribution in [3.63, 3.8) is 0 Å². The fourth-order valence-electron chi connectivity index (χ4n) is 2.85. The first kappa shape index (κ1) is 18.9. The lowest BCUT2D eigenvalue weighted by Crippen LogP contribution is -2.73. The third-order valence-electron chi connectivity index (χ3n) is 4.20. The summed E-state index contributed by atoms with van der Waals surface area (Å²) in [5, 5.41) is 32.5. The number of aliphatic carboxylic acids is 1. The van der Waals surface area contributed by atoms with Crippen LogP contribution in [0, 0.1) is 0 Å². The van der Waals surface area contributed by atoms with E-state index in [-0.39, 0.29) is 5.75 Å². The molecule has 10 heteroatoms. The van der Waals surface area contributed by atoms with Crippen molar-refractivity contribution in [2.45, 2.75) is 5.16 Å². The molecule has 9 nitrogen and oxygen atoms in total. The minimum absolute atomic E-state index is 0.115. The molecule has 0 aliphatic rings. The van der Waals surface area contributed by atoms with Crippen molar-refractivity contribution in [2.24, 2.45) is 0 Å². The van der Waals surface area contributed by atoms with Crippen LogP contribution in [-0.2, 0) is 4.79 Å². The highest BCUT2D eigenvalue weighted by Gasteiger charge is 2.12. The molecule has 0 atom stereocenters. The van der Waals surface area contributed by atoms with Crippen LogP contribution in [0.15, 0.2) is 59.9 Å². The van der Waals surface area contributed by atoms with Crippen LogP contribution < -0.4 is 5.48 Å². The lowest BCUT2D eigenvalue weighted by molar-refractivity contribution is -0.825. The van der Waals surface area contributed by atoms with Crippen molar-refractivity contribution in [2.75, 3.05) is 5.75 Å². The van der Waals surface area contributed by atoms with E-state index in [0.29, 0.717) is 16.7 Å². The van der Waals surface area contributed by atoms with Crippen LogP contribution in [0.25, 0.3) is 33.8 Å². The molecule has 6 N–H and O–H groups in total. The number of carboxylic acids is 1. The molecule has 146 valence electrons. The number of benzene rings is 2. The summed E-state index contributed by atoms with van der Waals surface area (Å²) in [6.07, 6.45) is 1.70. The van der Waals surface area contributed by atoms with Gasteiger partial charge < -0.3 is 5.11 Å². The van der Waals surface area contributed by atoms with Crippen molar-refractivity contribution in [3.8, 4) is 33.8 Å². The molecular weight excluding hydrogens is 392 g/mol. The van der Waals surface area contributed by atoms with Crippen LogP contribution >= 0.6 is 11.8 Å². The average Bonchev–Trinajstić information content (AvgIpc) is 3.44. The monoisotopic (exact) mass is 409 g/mol. The zero-order valence-corrected chi connectivity index (χ0v) is 15.8. The summed E-state index contributed by atoms with van der Waals surface area (Å²) in [5.41, 5.74) is 6.20. The molecule has 0 fully saturated rings. The van der Waals surface area contributed by atoms with Gasteiger partial charge in [-0.25, -0.2) is 10.2 Å². The number of quaternary nitrogens is 1. The van der Waals surface area contributed by atoms with Gasteiger partial charge in [-0.2, -0.15) is 10.6 Å². The molecule has 2 heterocycles. The van der Waals surface area contributed by atoms with E-state index >= 15 is 0 Å². The highest BCUT2D eigenvalue weighted by molar-refractivity contribution is 7.99. The number of carboxylic acid groups (broad SMARTS) is 1. The number of rotatable bonds is 7. The van der Waals surface area contributed by atoms with Gasteiger partial charge in [-0.1, -0.05) is 36.0 Å². The van der Waals surface area contributed by atoms with Crippen LogP contribution in [0.5, 0.6) is 0 Å². The Kier molecular flexibility index (Phi) is 5.38. The molecule has 0 saturated carbocycles. The summed E-state index contributed by atoms with van der Waals surface area (Å²) in [6.45, 7) is 0. The number of thioether (sulfide) groups is 1. The van der Waals surface area contributed by atoms with E-state index < -0.39 is 5.97 Å². The number of carbonyl (C=O) groups is 1. The third-order valence-corrected chi connectivity index (χ3v) is 5.03. The smallest absolute Gasteiger partial charge is 0.313 e. The zero-order valence-electron chi connectivity index (χ0n) is 15.0. The van der Waals surface area contributed by atoms with Gasteiger partial charge in [0.2, 0.25) is 5.16 Å². The number of nitrogens with two attached hydrogens (primary N) is 1. The SMILES string of the molecule is O=C(O)CSc1n[nH]c(-c2cc([NH2+]O)cc(-c3ccc(-c4ccn[nH]4)cc3)c2)n1. The molecule has 0 radical (unpaired) electrons. The predicted molar refractivity (Wildman–Crippen MR) is 107 cm³/mol. The molecule has 0 unspecified atom stereocenters. The molecule has 29 heavy (non-hydrogen) atoms. The maximum Gasteiger partial charge on any atom is 0.313 e. The quantitative estimate of drug-likeness (QED) is 0.179. The van der Waals surface area contributed by atoms with Gasteiger partial charge in [-0.15, -0.1) is 5.10 Å². The summed E-state index contributed by atoms with van der Waals surface area (Å²) in [7, 11) is 0. The molecule has 4 rings (SSSR count). The molecule has 0 aliphatic carbocycles. The molecule has 0 amide bonds. The van der Waals surface area contributed by atoms with E-state index in [0.717, 1.165) is 45.2 Å². The zero-order chi connectivity index (χ0) is 20.2. The van der Waals surface area contributed by atoms with Crippen LogP contribution in [0.1, 0.15) is 0 Å². The van der Waals surface area contributed by atoms with E-state index in [2.05, 4.69) is 25.4 Å². The number of hydrogen-bond donors (Lipinski definition) is 5. The van der Waals surface area contributed by atoms with Gasteiger partial charge in [0.1, 0.15) is 0 Å². The van der Waals surface area contributed by atoms with Crippen LogP contribution in [-0.4, -0.2) is 47.4 Å². The Balaban J connectivity index is 1.64. The van der Waals surface area contributed by atoms with Gasteiger partial charge in [-0.3, -0.25) is 15.0 Å². The molecule has 0 aliphatic heterocycles. The molecule has 2 aromatic heterocycles. The maximum absolute atomic E-state index is 10.7. The van der Waals surface area contributed by atoms with E-state index in [1.807, 2.05) is 42.5 Å². The Bertz CT molecular complexity index is 1130. The van der Waals surface area contributed by atoms with Crippen molar-refractivity contribution in [1.82, 2.24) is 25.4 Å². The van der Waals surface area contributed by atoms with E-state index in [9.17, 15) is 10.0 Å². The first-order valence-corrected chi connectivity index (χ1v) is 9.61. The molecular formula is C19H17N6O3S+. The van der Waals surface area contributed by atoms with Gasteiger partial charge in [0.15, 0.2) is 11.5 Å². The van der Waals surface area contributed by atoms with Crippen LogP contribution in [0.4, 0.5) is 5.69 Å². The highest BCUT2D eigenvalue weighted by Crippen LogP contribution is 2.29. The molecule has 0 bridgehead atoms. The second-order valence-electron chi connectivity index (χ2n) is 6.17. The fourth-order valence-corrected chi connectivity index (χ4v) is 3.37. The fraction of sp³-hybridized carbons (Fsp3) is 0.0526. The summed E-state index contributed by atoms with van der Waals surface area (Å²) in [6, 6.07) is 15.4. The standard InChI is InChI=1S/C19H16N6O3S/c26-17(27)10-29-19-21-18(23-24-19)14-7-13(8-15(9-14)25-28)11-1-3-12(4-2-11)16-5-6-20-22-16/h1-9,25,28H,10H2,(H,20,22)(H,26,27)(H,21,23,24)/p+1. The number of hydrogen-bond acceptors (Lipinski definition) is 6. The van der Waals surface area contributed by atoms with Crippen molar-refractivity contribution in [1.29, 1.82) is 0 Å². The summed E-state index contributed by atoms with van der Waals surface area (Å²) in [4.78, 5) is 15.0. The Morgan fingerprint density at radius 3 is 2.45 bits per heavy atom. The lowest BCUT2D eigenvalue weighted by Gasteiger charge is -2.07. The molecule has 2 aromatic carbocycles. The largest absolute Gasteiger partial charge is 0.481 e. The average molecular weight is 409 g/mol. The minimum Gasteiger partial charge on any atom is -0.481 e. The highest BCUT2D eigenvalue weighted by atomic mass is 32.2. The predicted octanol–water partition coefficient (Wildman–Crippen LogP) is 2.29. The Morgan fingerprint density at radius 2 is 1.76 bits per heavy atom. The van der Waals surface area contributed by atoms with E-state index in [4.69, 9.17) is 5.11 Å². The van der Waals surface area contributed by atoms with Crippen molar-refractivity contribution >= 4 is 23.4 Å². The normalized spacial score (nSPS) is 10.9. The number of aromatic amines is 2. The van der Waals surface area contributed by atoms with Gasteiger partial charge in [0, 0.05) is 23.9 Å². The van der Waals surface area contributed by atoms with E-state index in [1.54, 1.807) is 12.3 Å². The van der Waals surface area contributed by atoms with Gasteiger partial charge in [0.25, 0.3) is 0 Å². The minimum atomic E-state index is -0.931. The summed E-state index contributed by atoms with van der Waals surface area (Å²) < 4.78 is 0. The Morgan fingerprint density at radius 1 is 1.00 bits per heavy atom. The number of H-pyrrole nitrogens is 2.